The summed E-state index contributed by atoms with van der Waals surface area (Å²) in [6, 6.07) is -0.628. The number of hydrogen-bond donors (Lipinski definition) is 0. The van der Waals surface area contributed by atoms with E-state index in [2.05, 4.69) is 25.3 Å². The van der Waals surface area contributed by atoms with Crippen LogP contribution in [-0.4, -0.2) is 75.1 Å². The monoisotopic (exact) mass is 435 g/mol. The summed E-state index contributed by atoms with van der Waals surface area (Å²) in [7, 11) is 0. The van der Waals surface area contributed by atoms with Crippen LogP contribution >= 0.6 is 0 Å². The van der Waals surface area contributed by atoms with Gasteiger partial charge in [-0.15, -0.1) is 0 Å². The Morgan fingerprint density at radius 3 is 1.85 bits per heavy atom. The van der Waals surface area contributed by atoms with Crippen molar-refractivity contribution >= 4 is 44.2 Å². The minimum atomic E-state index is -1.10. The third-order valence-electron chi connectivity index (χ3n) is 3.66. The molecule has 0 aromatic rings. The molecule has 0 spiro atoms. The number of aliphatic imine (C=N–C) groups is 1. The predicted molar refractivity (Wildman–Crippen MR) is 88.4 cm³/mol. The van der Waals surface area contributed by atoms with Crippen LogP contribution in [0, 0.1) is 5.92 Å². The molecule has 0 radical (unpaired) electrons. The molecule has 9 nitrogen and oxygen atoms in total. The van der Waals surface area contributed by atoms with Crippen LogP contribution in [0.1, 0.15) is 34.1 Å². The van der Waals surface area contributed by atoms with E-state index >= 15 is 0 Å². The topological polar surface area (TPSA) is 118 Å². The van der Waals surface area contributed by atoms with Gasteiger partial charge in [0.1, 0.15) is 0 Å². The van der Waals surface area contributed by atoms with E-state index in [1.54, 1.807) is 0 Å². The predicted octanol–water partition coefficient (Wildman–Crippen LogP) is -0.193. The average molecular weight is 434 g/mol. The molecule has 1 aliphatic rings. The van der Waals surface area contributed by atoms with Crippen LogP contribution in [0.4, 0.5) is 0 Å². The number of rotatable bonds is 6. The fourth-order valence-corrected chi connectivity index (χ4v) is 3.14. The number of nitrogens with zero attached hydrogens (tertiary/aromatic N) is 1. The summed E-state index contributed by atoms with van der Waals surface area (Å²) in [5.41, 5.74) is 0. The third kappa shape index (κ3) is 6.71. The van der Waals surface area contributed by atoms with Gasteiger partial charge in [-0.2, -0.15) is 0 Å². The van der Waals surface area contributed by atoms with E-state index in [0.717, 1.165) is 0 Å². The van der Waals surface area contributed by atoms with Crippen LogP contribution in [-0.2, 0) is 38.1 Å². The molecule has 1 rings (SSSR count). The molecule has 0 aromatic heterocycles. The zero-order valence-electron chi connectivity index (χ0n) is 14.9. The summed E-state index contributed by atoms with van der Waals surface area (Å²) < 4.78 is 23.5. The SMILES string of the molecule is CC(=O)OC[C@H]1C[C@@H](N=C=[Se])[C@H](OC(C)=O)[C@@H](OC(C)=O)[C@@H]1OC(C)=O. The number of carbonyl (C=O) groups is 4. The van der Waals surface area contributed by atoms with Gasteiger partial charge in [0.05, 0.1) is 0 Å². The van der Waals surface area contributed by atoms with Gasteiger partial charge in [0.25, 0.3) is 0 Å². The molecule has 0 aromatic carbocycles. The molecule has 0 saturated heterocycles. The Balaban J connectivity index is 3.28. The standard InChI is InChI=1S/C16H21NO8Se/c1-8(18)22-6-12-5-13(17-7-26)15(24-10(3)20)16(25-11(4)21)14(12)23-9(2)19/h12-16H,5-6H2,1-4H3/t12-,13-,14-,15+,16+/m1/s1. The van der Waals surface area contributed by atoms with Gasteiger partial charge in [-0.3, -0.25) is 0 Å². The van der Waals surface area contributed by atoms with Gasteiger partial charge in [0.2, 0.25) is 0 Å². The van der Waals surface area contributed by atoms with E-state index in [-0.39, 0.29) is 13.0 Å². The van der Waals surface area contributed by atoms with Gasteiger partial charge >= 0.3 is 158 Å². The van der Waals surface area contributed by atoms with Crippen molar-refractivity contribution in [1.82, 2.24) is 0 Å². The first-order valence-corrected chi connectivity index (χ1v) is 8.73. The van der Waals surface area contributed by atoms with E-state index in [9.17, 15) is 19.2 Å². The van der Waals surface area contributed by atoms with Gasteiger partial charge < -0.3 is 0 Å². The molecule has 26 heavy (non-hydrogen) atoms. The Bertz CT molecular complexity index is 615. The van der Waals surface area contributed by atoms with Crippen molar-refractivity contribution in [3.05, 3.63) is 0 Å². The van der Waals surface area contributed by atoms with Crippen molar-refractivity contribution in [2.75, 3.05) is 6.61 Å². The molecular formula is C16H21NO8Se. The van der Waals surface area contributed by atoms with E-state index in [1.165, 1.54) is 27.7 Å². The van der Waals surface area contributed by atoms with Crippen LogP contribution in [0.3, 0.4) is 0 Å². The fourth-order valence-electron chi connectivity index (χ4n) is 2.85. The maximum absolute atomic E-state index is 11.6. The molecule has 10 heteroatoms. The van der Waals surface area contributed by atoms with Gasteiger partial charge in [0.15, 0.2) is 0 Å². The summed E-state index contributed by atoms with van der Waals surface area (Å²) in [5.74, 6) is -2.88. The van der Waals surface area contributed by atoms with Crippen LogP contribution in [0.25, 0.3) is 0 Å². The van der Waals surface area contributed by atoms with Crippen molar-refractivity contribution in [3.63, 3.8) is 0 Å². The van der Waals surface area contributed by atoms with Gasteiger partial charge in [0, 0.05) is 0 Å². The first-order valence-electron chi connectivity index (χ1n) is 7.87. The van der Waals surface area contributed by atoms with E-state index in [0.29, 0.717) is 0 Å². The Morgan fingerprint density at radius 2 is 1.38 bits per heavy atom. The third-order valence-corrected chi connectivity index (χ3v) is 3.88. The normalized spacial score (nSPS) is 27.5. The fraction of sp³-hybridized carbons (Fsp3) is 0.688. The summed E-state index contributed by atoms with van der Waals surface area (Å²) in [4.78, 5) is 49.9. The molecule has 0 heterocycles. The van der Waals surface area contributed by atoms with Gasteiger partial charge in [-0.25, -0.2) is 0 Å². The quantitative estimate of drug-likeness (QED) is 0.244. The molecule has 144 valence electrons. The Morgan fingerprint density at radius 1 is 0.885 bits per heavy atom. The Labute approximate surface area is 158 Å². The number of hydrogen-bond acceptors (Lipinski definition) is 9. The second kappa shape index (κ2) is 10.2. The van der Waals surface area contributed by atoms with Crippen molar-refractivity contribution in [2.24, 2.45) is 10.9 Å². The molecule has 1 saturated carbocycles. The van der Waals surface area contributed by atoms with Gasteiger partial charge in [-0.05, 0) is 0 Å². The average Bonchev–Trinajstić information content (AvgIpc) is 2.50. The molecule has 0 unspecified atom stereocenters. The van der Waals surface area contributed by atoms with Crippen molar-refractivity contribution < 1.29 is 38.1 Å². The minimum absolute atomic E-state index is 0.0721. The van der Waals surface area contributed by atoms with E-state index in [1.807, 2.05) is 0 Å². The summed E-state index contributed by atoms with van der Waals surface area (Å²) in [6.07, 6.45) is -2.78. The molecule has 0 N–H and O–H groups in total. The van der Waals surface area contributed by atoms with Crippen molar-refractivity contribution in [2.45, 2.75) is 58.5 Å². The summed E-state index contributed by atoms with van der Waals surface area (Å²) >= 11 is 2.49. The second-order valence-electron chi connectivity index (χ2n) is 5.81. The molecular weight excluding hydrogens is 413 g/mol. The zero-order chi connectivity index (χ0) is 19.9. The van der Waals surface area contributed by atoms with Gasteiger partial charge in [-0.1, -0.05) is 0 Å². The van der Waals surface area contributed by atoms with Crippen LogP contribution in [0.2, 0.25) is 0 Å². The zero-order valence-corrected chi connectivity index (χ0v) is 16.6. The second-order valence-corrected chi connectivity index (χ2v) is 6.19. The Kier molecular flexibility index (Phi) is 8.64. The molecule has 0 bridgehead atoms. The molecule has 5 atom stereocenters. The van der Waals surface area contributed by atoms with Crippen LogP contribution in [0.5, 0.6) is 0 Å². The number of carbonyl (C=O) groups excluding carboxylic acids is 4. The molecule has 1 fully saturated rings. The van der Waals surface area contributed by atoms with E-state index < -0.39 is 54.1 Å². The Hall–Kier alpha value is -2.02. The molecule has 0 aliphatic heterocycles. The van der Waals surface area contributed by atoms with Crippen LogP contribution < -0.4 is 0 Å². The summed E-state index contributed by atoms with van der Waals surface area (Å²) in [5, 5.41) is 0. The maximum atomic E-state index is 11.6. The number of ether oxygens (including phenoxy) is 4. The summed E-state index contributed by atoms with van der Waals surface area (Å²) in [6.45, 7) is 4.77. The first kappa shape index (κ1) is 22.0. The van der Waals surface area contributed by atoms with Crippen LogP contribution in [0.15, 0.2) is 4.99 Å². The molecule has 1 aliphatic carbocycles. The molecule has 0 amide bonds. The van der Waals surface area contributed by atoms with Crippen molar-refractivity contribution in [1.29, 1.82) is 0 Å². The first-order chi connectivity index (χ1) is 12.1. The van der Waals surface area contributed by atoms with Crippen molar-refractivity contribution in [3.8, 4) is 0 Å². The van der Waals surface area contributed by atoms with E-state index in [4.69, 9.17) is 18.9 Å². The number of esters is 4.